The van der Waals surface area contributed by atoms with E-state index in [9.17, 15) is 9.90 Å². The van der Waals surface area contributed by atoms with E-state index in [4.69, 9.17) is 0 Å². The van der Waals surface area contributed by atoms with E-state index in [2.05, 4.69) is 42.2 Å². The van der Waals surface area contributed by atoms with Crippen molar-refractivity contribution in [1.29, 1.82) is 0 Å². The van der Waals surface area contributed by atoms with Crippen LogP contribution < -0.4 is 5.32 Å². The molecular weight excluding hydrogens is 376 g/mol. The molecule has 1 heterocycles. The van der Waals surface area contributed by atoms with Gasteiger partial charge in [-0.15, -0.1) is 0 Å². The van der Waals surface area contributed by atoms with Crippen molar-refractivity contribution in [3.63, 3.8) is 0 Å². The Morgan fingerprint density at radius 3 is 2.74 bits per heavy atom. The van der Waals surface area contributed by atoms with Crippen molar-refractivity contribution in [3.8, 4) is 0 Å². The Bertz CT molecular complexity index is 645. The number of aromatic nitrogens is 1. The highest BCUT2D eigenvalue weighted by molar-refractivity contribution is 9.10. The number of carbonyl (C=O) groups is 1. The van der Waals surface area contributed by atoms with Crippen LogP contribution in [-0.2, 0) is 0 Å². The number of anilines is 2. The second kappa shape index (κ2) is 5.71. The van der Waals surface area contributed by atoms with Gasteiger partial charge in [0.15, 0.2) is 0 Å². The van der Waals surface area contributed by atoms with Gasteiger partial charge in [0, 0.05) is 15.1 Å². The number of carboxylic acids is 1. The summed E-state index contributed by atoms with van der Waals surface area (Å²) in [6.45, 7) is 1.96. The van der Waals surface area contributed by atoms with Gasteiger partial charge in [-0.25, -0.2) is 9.78 Å². The SMILES string of the molecule is Cc1ccc(Br)c(Nc2ncc(Br)cc2C(=O)O)c1. The average Bonchev–Trinajstić information content (AvgIpc) is 2.35. The van der Waals surface area contributed by atoms with Crippen LogP contribution >= 0.6 is 31.9 Å². The van der Waals surface area contributed by atoms with E-state index >= 15 is 0 Å². The highest BCUT2D eigenvalue weighted by atomic mass is 79.9. The topological polar surface area (TPSA) is 62.2 Å². The van der Waals surface area contributed by atoms with Gasteiger partial charge in [0.25, 0.3) is 0 Å². The molecule has 2 rings (SSSR count). The van der Waals surface area contributed by atoms with Crippen LogP contribution in [0.25, 0.3) is 0 Å². The summed E-state index contributed by atoms with van der Waals surface area (Å²) in [5.74, 6) is -0.720. The number of halogens is 2. The first-order valence-electron chi connectivity index (χ1n) is 5.39. The normalized spacial score (nSPS) is 10.3. The minimum atomic E-state index is -1.03. The third kappa shape index (κ3) is 3.33. The summed E-state index contributed by atoms with van der Waals surface area (Å²) < 4.78 is 1.47. The van der Waals surface area contributed by atoms with Gasteiger partial charge in [0.1, 0.15) is 11.4 Å². The first-order valence-corrected chi connectivity index (χ1v) is 6.98. The molecule has 0 spiro atoms. The summed E-state index contributed by atoms with van der Waals surface area (Å²) in [7, 11) is 0. The Morgan fingerprint density at radius 2 is 2.05 bits per heavy atom. The molecule has 0 radical (unpaired) electrons. The van der Waals surface area contributed by atoms with E-state index in [1.165, 1.54) is 6.07 Å². The molecular formula is C13H10Br2N2O2. The van der Waals surface area contributed by atoms with Crippen molar-refractivity contribution in [2.75, 3.05) is 5.32 Å². The van der Waals surface area contributed by atoms with E-state index < -0.39 is 5.97 Å². The highest BCUT2D eigenvalue weighted by Gasteiger charge is 2.13. The summed E-state index contributed by atoms with van der Waals surface area (Å²) in [4.78, 5) is 15.3. The van der Waals surface area contributed by atoms with E-state index in [-0.39, 0.29) is 5.56 Å². The molecule has 0 bridgehead atoms. The average molecular weight is 386 g/mol. The molecule has 4 nitrogen and oxygen atoms in total. The predicted molar refractivity (Wildman–Crippen MR) is 81.1 cm³/mol. The number of aryl methyl sites for hydroxylation is 1. The Labute approximate surface area is 127 Å². The van der Waals surface area contributed by atoms with Gasteiger partial charge in [0.2, 0.25) is 0 Å². The molecule has 0 unspecified atom stereocenters. The van der Waals surface area contributed by atoms with Crippen LogP contribution in [-0.4, -0.2) is 16.1 Å². The Balaban J connectivity index is 2.43. The lowest BCUT2D eigenvalue weighted by Crippen LogP contribution is -2.05. The summed E-state index contributed by atoms with van der Waals surface area (Å²) in [6.07, 6.45) is 1.55. The van der Waals surface area contributed by atoms with Crippen LogP contribution in [0, 0.1) is 6.92 Å². The first kappa shape index (κ1) is 14.0. The van der Waals surface area contributed by atoms with E-state index in [1.54, 1.807) is 6.20 Å². The van der Waals surface area contributed by atoms with E-state index in [0.717, 1.165) is 15.7 Å². The fraction of sp³-hybridized carbons (Fsp3) is 0.0769. The zero-order chi connectivity index (χ0) is 14.0. The van der Waals surface area contributed by atoms with E-state index in [0.29, 0.717) is 10.3 Å². The lowest BCUT2D eigenvalue weighted by Gasteiger charge is -2.11. The van der Waals surface area contributed by atoms with Crippen molar-refractivity contribution < 1.29 is 9.90 Å². The second-order valence-electron chi connectivity index (χ2n) is 3.96. The molecule has 1 aromatic carbocycles. The number of nitrogens with zero attached hydrogens (tertiary/aromatic N) is 1. The second-order valence-corrected chi connectivity index (χ2v) is 5.73. The minimum Gasteiger partial charge on any atom is -0.478 e. The number of carboxylic acid groups (broad SMARTS) is 1. The third-order valence-electron chi connectivity index (χ3n) is 2.46. The molecule has 0 amide bonds. The molecule has 0 aliphatic heterocycles. The largest absolute Gasteiger partial charge is 0.478 e. The van der Waals surface area contributed by atoms with Gasteiger partial charge < -0.3 is 10.4 Å². The maximum Gasteiger partial charge on any atom is 0.339 e. The number of hydrogen-bond acceptors (Lipinski definition) is 3. The number of pyridine rings is 1. The molecule has 2 N–H and O–H groups in total. The molecule has 0 atom stereocenters. The minimum absolute atomic E-state index is 0.114. The first-order chi connectivity index (χ1) is 8.97. The van der Waals surface area contributed by atoms with Crippen LogP contribution in [0.4, 0.5) is 11.5 Å². The number of rotatable bonds is 3. The van der Waals surface area contributed by atoms with Crippen molar-refractivity contribution >= 4 is 49.3 Å². The van der Waals surface area contributed by atoms with Gasteiger partial charge in [-0.2, -0.15) is 0 Å². The molecule has 0 aliphatic carbocycles. The summed E-state index contributed by atoms with van der Waals surface area (Å²) in [5, 5.41) is 12.2. The number of hydrogen-bond donors (Lipinski definition) is 2. The van der Waals surface area contributed by atoms with Crippen molar-refractivity contribution in [2.45, 2.75) is 6.92 Å². The van der Waals surface area contributed by atoms with Crippen LogP contribution in [0.2, 0.25) is 0 Å². The molecule has 98 valence electrons. The van der Waals surface area contributed by atoms with Crippen molar-refractivity contribution in [1.82, 2.24) is 4.98 Å². The smallest absolute Gasteiger partial charge is 0.339 e. The van der Waals surface area contributed by atoms with Gasteiger partial charge >= 0.3 is 5.97 Å². The summed E-state index contributed by atoms with van der Waals surface area (Å²) in [6, 6.07) is 7.29. The van der Waals surface area contributed by atoms with Crippen LogP contribution in [0.5, 0.6) is 0 Å². The van der Waals surface area contributed by atoms with Crippen LogP contribution in [0.1, 0.15) is 15.9 Å². The van der Waals surface area contributed by atoms with Crippen molar-refractivity contribution in [3.05, 3.63) is 50.5 Å². The van der Waals surface area contributed by atoms with Crippen LogP contribution in [0.15, 0.2) is 39.4 Å². The molecule has 0 aliphatic rings. The predicted octanol–water partition coefficient (Wildman–Crippen LogP) is 4.36. The third-order valence-corrected chi connectivity index (χ3v) is 3.58. The molecule has 0 fully saturated rings. The quantitative estimate of drug-likeness (QED) is 0.824. The fourth-order valence-electron chi connectivity index (χ4n) is 1.56. The Hall–Kier alpha value is -1.40. The van der Waals surface area contributed by atoms with Gasteiger partial charge in [0.05, 0.1) is 5.69 Å². The van der Waals surface area contributed by atoms with Crippen molar-refractivity contribution in [2.24, 2.45) is 0 Å². The number of nitrogens with one attached hydrogen (secondary N) is 1. The maximum atomic E-state index is 11.2. The molecule has 0 saturated heterocycles. The monoisotopic (exact) mass is 384 g/mol. The molecule has 2 aromatic rings. The molecule has 0 saturated carbocycles. The van der Waals surface area contributed by atoms with E-state index in [1.807, 2.05) is 25.1 Å². The Kier molecular flexibility index (Phi) is 4.21. The molecule has 1 aromatic heterocycles. The van der Waals surface area contributed by atoms with Gasteiger partial charge in [-0.3, -0.25) is 0 Å². The standard InChI is InChI=1S/C13H10Br2N2O2/c1-7-2-3-10(15)11(4-7)17-12-9(13(18)19)5-8(14)6-16-12/h2-6H,1H3,(H,16,17)(H,18,19). The Morgan fingerprint density at radius 1 is 1.32 bits per heavy atom. The maximum absolute atomic E-state index is 11.2. The summed E-state index contributed by atoms with van der Waals surface area (Å²) >= 11 is 6.63. The summed E-state index contributed by atoms with van der Waals surface area (Å²) in [5.41, 5.74) is 1.96. The lowest BCUT2D eigenvalue weighted by atomic mass is 10.2. The molecule has 19 heavy (non-hydrogen) atoms. The molecule has 6 heteroatoms. The van der Waals surface area contributed by atoms with Gasteiger partial charge in [-0.1, -0.05) is 6.07 Å². The highest BCUT2D eigenvalue weighted by Crippen LogP contribution is 2.28. The zero-order valence-corrected chi connectivity index (χ0v) is 13.1. The number of aromatic carboxylic acids is 1. The van der Waals surface area contributed by atoms with Gasteiger partial charge in [-0.05, 0) is 62.5 Å². The fourth-order valence-corrected chi connectivity index (χ4v) is 2.24. The zero-order valence-electron chi connectivity index (χ0n) is 9.95. The number of benzene rings is 1. The van der Waals surface area contributed by atoms with Crippen LogP contribution in [0.3, 0.4) is 0 Å². The lowest BCUT2D eigenvalue weighted by molar-refractivity contribution is 0.0697.